The van der Waals surface area contributed by atoms with Crippen LogP contribution in [0.25, 0.3) is 0 Å². The third-order valence-corrected chi connectivity index (χ3v) is 10.3. The zero-order valence-corrected chi connectivity index (χ0v) is 32.0. The van der Waals surface area contributed by atoms with E-state index >= 15 is 0 Å². The first-order valence-electron chi connectivity index (χ1n) is 19.7. The molecule has 4 N–H and O–H groups in total. The summed E-state index contributed by atoms with van der Waals surface area (Å²) in [7, 11) is -5.53. The van der Waals surface area contributed by atoms with Crippen molar-refractivity contribution in [3.05, 3.63) is 24.3 Å². The summed E-state index contributed by atoms with van der Waals surface area (Å²) in [5.74, 6) is -4.14. The fraction of sp³-hybridized carbons (Fsp3) is 0.821. The number of rotatable bonds is 35. The highest BCUT2D eigenvalue weighted by atomic mass is 31.2. The smallest absolute Gasteiger partial charge is 0.433 e. The molecule has 0 rings (SSSR count). The monoisotopic (exact) mass is 713 g/mol. The van der Waals surface area contributed by atoms with Crippen LogP contribution in [0, 0.1) is 0 Å². The number of ketones is 1. The predicted molar refractivity (Wildman–Crippen MR) is 200 cm³/mol. The van der Waals surface area contributed by atoms with Gasteiger partial charge in [-0.1, -0.05) is 141 Å². The number of aliphatic hydroxyl groups is 1. The maximum atomic E-state index is 13.2. The normalized spacial score (nSPS) is 13.3. The summed E-state index contributed by atoms with van der Waals surface area (Å²) in [6.45, 7) is 3.03. The van der Waals surface area contributed by atoms with Crippen LogP contribution in [0.2, 0.25) is 0 Å². The number of nitrogens with zero attached hydrogens (tertiary/aromatic N) is 1. The summed E-state index contributed by atoms with van der Waals surface area (Å²) in [5, 5.41) is 20.1. The fourth-order valence-electron chi connectivity index (χ4n) is 6.15. The van der Waals surface area contributed by atoms with Crippen molar-refractivity contribution in [2.24, 2.45) is 0 Å². The van der Waals surface area contributed by atoms with Gasteiger partial charge in [-0.2, -0.15) is 0 Å². The van der Waals surface area contributed by atoms with Crippen LogP contribution in [-0.4, -0.2) is 54.5 Å². The van der Waals surface area contributed by atoms with Crippen LogP contribution in [0.15, 0.2) is 24.3 Å². The van der Waals surface area contributed by atoms with Crippen molar-refractivity contribution in [3.63, 3.8) is 0 Å². The van der Waals surface area contributed by atoms with Crippen LogP contribution >= 0.6 is 7.75 Å². The van der Waals surface area contributed by atoms with Gasteiger partial charge >= 0.3 is 13.7 Å². The average molecular weight is 714 g/mol. The van der Waals surface area contributed by atoms with E-state index in [2.05, 4.69) is 38.2 Å². The largest absolute Gasteiger partial charge is 0.479 e. The van der Waals surface area contributed by atoms with Crippen molar-refractivity contribution in [2.45, 2.75) is 199 Å². The lowest BCUT2D eigenvalue weighted by Gasteiger charge is -2.37. The van der Waals surface area contributed by atoms with E-state index in [9.17, 15) is 38.9 Å². The average Bonchev–Trinajstić information content (AvgIpc) is 3.06. The fourth-order valence-corrected chi connectivity index (χ4v) is 7.24. The topological polar surface area (TPSA) is 152 Å². The van der Waals surface area contributed by atoms with Gasteiger partial charge in [-0.3, -0.25) is 9.59 Å². The van der Waals surface area contributed by atoms with Crippen LogP contribution in [0.3, 0.4) is 0 Å². The first-order valence-corrected chi connectivity index (χ1v) is 21.2. The Balaban J connectivity index is 4.57. The lowest BCUT2D eigenvalue weighted by molar-refractivity contribution is -0.163. The number of aliphatic hydroxyl groups excluding tert-OH is 1. The molecule has 0 aromatic heterocycles. The van der Waals surface area contributed by atoms with E-state index in [1.54, 1.807) is 0 Å². The Labute approximate surface area is 298 Å². The van der Waals surface area contributed by atoms with Gasteiger partial charge in [-0.25, -0.2) is 14.0 Å². The molecular weight excluding hydrogens is 641 g/mol. The zero-order valence-electron chi connectivity index (χ0n) is 31.1. The number of carboxylic acid groups (broad SMARTS) is 1. The number of amides is 1. The number of carbonyl (C=O) groups excluding carboxylic acids is 2. The second-order valence-electron chi connectivity index (χ2n) is 13.6. The number of Topliss-reactive ketones (excluding diaryl/α,β-unsaturated/α-hetero) is 1. The molecule has 0 saturated carbocycles. The Morgan fingerprint density at radius 1 is 0.551 bits per heavy atom. The van der Waals surface area contributed by atoms with E-state index in [1.807, 2.05) is 0 Å². The predicted octanol–water partition coefficient (Wildman–Crippen LogP) is 10.4. The number of unbranched alkanes of at least 4 members (excludes halogenated alkanes) is 22. The Morgan fingerprint density at radius 3 is 1.20 bits per heavy atom. The first kappa shape index (κ1) is 47.2. The second kappa shape index (κ2) is 31.0. The minimum Gasteiger partial charge on any atom is -0.479 e. The molecule has 0 aromatic rings. The van der Waals surface area contributed by atoms with Gasteiger partial charge in [-0.15, -0.1) is 0 Å². The minimum atomic E-state index is -5.53. The molecule has 0 aliphatic rings. The van der Waals surface area contributed by atoms with Gasteiger partial charge in [0, 0.05) is 12.8 Å². The highest BCUT2D eigenvalue weighted by molar-refractivity contribution is 7.50. The number of carboxylic acids is 1. The molecule has 0 spiro atoms. The van der Waals surface area contributed by atoms with Gasteiger partial charge < -0.3 is 20.0 Å². The van der Waals surface area contributed by atoms with Crippen LogP contribution in [0.4, 0.5) is 0 Å². The van der Waals surface area contributed by atoms with Gasteiger partial charge in [-0.05, 0) is 64.2 Å². The molecule has 0 radical (unpaired) electrons. The van der Waals surface area contributed by atoms with Crippen molar-refractivity contribution in [1.82, 2.24) is 4.67 Å². The number of hydrogen-bond donors (Lipinski definition) is 4. The Hall–Kier alpha value is -1.80. The quantitative estimate of drug-likeness (QED) is 0.0219. The van der Waals surface area contributed by atoms with Gasteiger partial charge in [0.25, 0.3) is 0 Å². The molecule has 9 nitrogen and oxygen atoms in total. The number of hydrogen-bond acceptors (Lipinski definition) is 5. The first-order chi connectivity index (χ1) is 23.6. The Morgan fingerprint density at radius 2 is 0.878 bits per heavy atom. The maximum absolute atomic E-state index is 13.2. The van der Waals surface area contributed by atoms with Crippen LogP contribution < -0.4 is 0 Å². The number of carbonyl (C=O) groups is 3. The zero-order chi connectivity index (χ0) is 36.6. The van der Waals surface area contributed by atoms with Crippen LogP contribution in [-0.2, 0) is 18.9 Å². The van der Waals surface area contributed by atoms with E-state index in [4.69, 9.17) is 0 Å². The minimum absolute atomic E-state index is 0.156. The maximum Gasteiger partial charge on any atom is 0.433 e. The molecule has 0 bridgehead atoms. The van der Waals surface area contributed by atoms with Crippen molar-refractivity contribution in [1.29, 1.82) is 0 Å². The molecule has 286 valence electrons. The third kappa shape index (κ3) is 22.6. The molecule has 0 unspecified atom stereocenters. The van der Waals surface area contributed by atoms with E-state index in [-0.39, 0.29) is 17.5 Å². The van der Waals surface area contributed by atoms with Gasteiger partial charge in [0.1, 0.15) is 0 Å². The van der Waals surface area contributed by atoms with Crippen molar-refractivity contribution >= 4 is 25.4 Å². The number of aliphatic carboxylic acids is 1. The van der Waals surface area contributed by atoms with E-state index in [0.717, 1.165) is 64.2 Å². The molecular formula is C39H72NO8P. The summed E-state index contributed by atoms with van der Waals surface area (Å²) < 4.78 is 12.3. The summed E-state index contributed by atoms with van der Waals surface area (Å²) >= 11 is 0. The molecule has 0 saturated heterocycles. The molecule has 0 fully saturated rings. The highest BCUT2D eigenvalue weighted by Crippen LogP contribution is 2.47. The van der Waals surface area contributed by atoms with Crippen LogP contribution in [0.1, 0.15) is 194 Å². The highest BCUT2D eigenvalue weighted by Gasteiger charge is 2.58. The molecule has 0 heterocycles. The standard InChI is InChI=1S/C39H72NO8P/c1-3-5-7-9-11-13-15-17-19-21-23-25-27-29-31-33-36(42)39(35-41,38(44)45)40(49(46,47)48)37(43)34-32-30-28-26-24-22-20-18-16-14-12-10-8-6-4-2/h17-20,41H,3-16,21-35H2,1-2H3,(H,44,45)(H2,46,47,48)/t39-/m1/s1. The molecule has 10 heteroatoms. The molecule has 1 atom stereocenters. The molecule has 0 aliphatic heterocycles. The number of allylic oxidation sites excluding steroid dienone is 4. The third-order valence-electron chi connectivity index (χ3n) is 9.22. The lowest BCUT2D eigenvalue weighted by Crippen LogP contribution is -2.63. The van der Waals surface area contributed by atoms with Crippen molar-refractivity contribution in [2.75, 3.05) is 6.61 Å². The van der Waals surface area contributed by atoms with E-state index in [0.29, 0.717) is 25.7 Å². The molecule has 0 aromatic carbocycles. The summed E-state index contributed by atoms with van der Waals surface area (Å²) in [4.78, 5) is 58.6. The Bertz CT molecular complexity index is 963. The second-order valence-corrected chi connectivity index (χ2v) is 15.1. The summed E-state index contributed by atoms with van der Waals surface area (Å²) in [5.41, 5.74) is -3.02. The van der Waals surface area contributed by atoms with E-state index in [1.165, 1.54) is 77.0 Å². The molecule has 1 amide bonds. The van der Waals surface area contributed by atoms with Gasteiger partial charge in [0.05, 0.1) is 6.61 Å². The summed E-state index contributed by atoms with van der Waals surface area (Å²) in [6, 6.07) is 0. The van der Waals surface area contributed by atoms with Crippen molar-refractivity contribution in [3.8, 4) is 0 Å². The van der Waals surface area contributed by atoms with Gasteiger partial charge in [0.15, 0.2) is 5.78 Å². The Kier molecular flexibility index (Phi) is 29.8. The molecule has 49 heavy (non-hydrogen) atoms. The lowest BCUT2D eigenvalue weighted by atomic mass is 9.90. The van der Waals surface area contributed by atoms with Gasteiger partial charge in [0.2, 0.25) is 11.4 Å². The van der Waals surface area contributed by atoms with Crippen LogP contribution in [0.5, 0.6) is 0 Å². The summed E-state index contributed by atoms with van der Waals surface area (Å²) in [6.07, 6.45) is 35.3. The SMILES string of the molecule is CCCCCCCCC=CCCCCCCCC(=O)N([C@@](CO)(C(=O)O)C(=O)CCCCCCCC=CCCCCCCCC)P(=O)(O)O. The molecule has 0 aliphatic carbocycles. The van der Waals surface area contributed by atoms with Crippen molar-refractivity contribution < 1.29 is 38.9 Å². The van der Waals surface area contributed by atoms with E-state index < -0.39 is 37.6 Å².